The molecule has 156 valence electrons. The SMILES string of the molecule is C[C@@]12OC(CCO)(C[C@H]1O)[C@@H]1C(=O)N(c3ccc([N+](=O)[O-])c4ccccc34)C(=O)[C@@H]12. The van der Waals surface area contributed by atoms with Gasteiger partial charge in [-0.2, -0.15) is 0 Å². The minimum atomic E-state index is -1.22. The van der Waals surface area contributed by atoms with Crippen LogP contribution in [0.5, 0.6) is 0 Å². The molecular formula is C21H20N2O7. The van der Waals surface area contributed by atoms with Gasteiger partial charge in [0.1, 0.15) is 5.60 Å². The molecule has 5 atom stereocenters. The molecule has 3 aliphatic heterocycles. The number of anilines is 1. The van der Waals surface area contributed by atoms with Crippen LogP contribution in [-0.2, 0) is 14.3 Å². The van der Waals surface area contributed by atoms with Gasteiger partial charge < -0.3 is 14.9 Å². The normalized spacial score (nSPS) is 34.8. The van der Waals surface area contributed by atoms with Crippen LogP contribution >= 0.6 is 0 Å². The molecular weight excluding hydrogens is 392 g/mol. The van der Waals surface area contributed by atoms with Gasteiger partial charge in [0.2, 0.25) is 11.8 Å². The van der Waals surface area contributed by atoms with E-state index in [1.54, 1.807) is 31.2 Å². The Morgan fingerprint density at radius 1 is 1.17 bits per heavy atom. The van der Waals surface area contributed by atoms with Crippen LogP contribution in [0, 0.1) is 22.0 Å². The van der Waals surface area contributed by atoms with Crippen molar-refractivity contribution in [3.63, 3.8) is 0 Å². The summed E-state index contributed by atoms with van der Waals surface area (Å²) in [4.78, 5) is 39.0. The Hall–Kier alpha value is -2.88. The number of amides is 2. The van der Waals surface area contributed by atoms with Gasteiger partial charge in [0, 0.05) is 30.9 Å². The third-order valence-corrected chi connectivity index (χ3v) is 6.96. The molecule has 3 heterocycles. The Labute approximate surface area is 171 Å². The number of nitro benzene ring substituents is 1. The van der Waals surface area contributed by atoms with E-state index in [1.165, 1.54) is 12.1 Å². The Morgan fingerprint density at radius 3 is 2.50 bits per heavy atom. The van der Waals surface area contributed by atoms with Gasteiger partial charge in [-0.3, -0.25) is 19.7 Å². The van der Waals surface area contributed by atoms with Crippen LogP contribution in [0.1, 0.15) is 19.8 Å². The molecule has 2 aromatic carbocycles. The van der Waals surface area contributed by atoms with Gasteiger partial charge in [-0.1, -0.05) is 18.2 Å². The Balaban J connectivity index is 1.67. The molecule has 3 fully saturated rings. The summed E-state index contributed by atoms with van der Waals surface area (Å²) in [5.74, 6) is -2.66. The van der Waals surface area contributed by atoms with Crippen LogP contribution in [0.3, 0.4) is 0 Å². The van der Waals surface area contributed by atoms with Crippen molar-refractivity contribution in [1.82, 2.24) is 0 Å². The molecule has 3 aliphatic rings. The van der Waals surface area contributed by atoms with E-state index in [-0.39, 0.29) is 30.8 Å². The number of carbonyl (C=O) groups excluding carboxylic acids is 2. The van der Waals surface area contributed by atoms with Crippen LogP contribution in [0.25, 0.3) is 10.8 Å². The summed E-state index contributed by atoms with van der Waals surface area (Å²) in [7, 11) is 0. The van der Waals surface area contributed by atoms with Crippen molar-refractivity contribution in [3.05, 3.63) is 46.5 Å². The van der Waals surface area contributed by atoms with E-state index in [2.05, 4.69) is 0 Å². The van der Waals surface area contributed by atoms with Crippen molar-refractivity contribution in [2.75, 3.05) is 11.5 Å². The van der Waals surface area contributed by atoms with Crippen LogP contribution in [0.15, 0.2) is 36.4 Å². The highest BCUT2D eigenvalue weighted by Gasteiger charge is 2.76. The standard InChI is InChI=1S/C21H20N2O7/c1-20-15(25)10-21(30-20,8-9-24)17-16(20)18(26)22(19(17)27)13-6-7-14(23(28)29)12-5-3-2-4-11(12)13/h2-7,15-17,24-25H,8-10H2,1H3/t15-,16-,17+,20-,21?/m1/s1. The summed E-state index contributed by atoms with van der Waals surface area (Å²) in [5.41, 5.74) is -2.17. The van der Waals surface area contributed by atoms with Crippen LogP contribution in [0.2, 0.25) is 0 Å². The van der Waals surface area contributed by atoms with E-state index in [0.29, 0.717) is 10.8 Å². The number of benzene rings is 2. The molecule has 9 nitrogen and oxygen atoms in total. The molecule has 2 amide bonds. The lowest BCUT2D eigenvalue weighted by Gasteiger charge is -2.33. The Morgan fingerprint density at radius 2 is 1.83 bits per heavy atom. The number of non-ortho nitro benzene ring substituents is 1. The topological polar surface area (TPSA) is 130 Å². The van der Waals surface area contributed by atoms with Gasteiger partial charge in [-0.15, -0.1) is 0 Å². The number of hydrogen-bond donors (Lipinski definition) is 2. The predicted octanol–water partition coefficient (Wildman–Crippen LogP) is 1.53. The lowest BCUT2D eigenvalue weighted by molar-refractivity contribution is -0.383. The van der Waals surface area contributed by atoms with Crippen molar-refractivity contribution in [2.45, 2.75) is 37.1 Å². The quantitative estimate of drug-likeness (QED) is 0.442. The monoisotopic (exact) mass is 412 g/mol. The van der Waals surface area contributed by atoms with Crippen molar-refractivity contribution in [1.29, 1.82) is 0 Å². The summed E-state index contributed by atoms with van der Waals surface area (Å²) in [6, 6.07) is 9.26. The highest BCUT2D eigenvalue weighted by molar-refractivity contribution is 6.26. The zero-order chi connectivity index (χ0) is 21.4. The van der Waals surface area contributed by atoms with Crippen molar-refractivity contribution < 1.29 is 29.5 Å². The Bertz CT molecular complexity index is 1120. The second-order valence-electron chi connectivity index (χ2n) is 8.42. The zero-order valence-corrected chi connectivity index (χ0v) is 16.1. The zero-order valence-electron chi connectivity index (χ0n) is 16.1. The van der Waals surface area contributed by atoms with E-state index >= 15 is 0 Å². The second kappa shape index (κ2) is 6.07. The molecule has 1 unspecified atom stereocenters. The van der Waals surface area contributed by atoms with E-state index in [4.69, 9.17) is 4.74 Å². The molecule has 0 saturated carbocycles. The lowest BCUT2D eigenvalue weighted by atomic mass is 9.66. The number of nitrogens with zero attached hydrogens (tertiary/aromatic N) is 2. The van der Waals surface area contributed by atoms with E-state index < -0.39 is 45.9 Å². The number of carbonyl (C=O) groups is 2. The number of fused-ring (bicyclic) bond motifs is 6. The first-order valence-electron chi connectivity index (χ1n) is 9.78. The van der Waals surface area contributed by atoms with E-state index in [9.17, 15) is 29.9 Å². The second-order valence-corrected chi connectivity index (χ2v) is 8.42. The first-order valence-corrected chi connectivity index (χ1v) is 9.78. The molecule has 2 N–H and O–H groups in total. The fourth-order valence-electron chi connectivity index (χ4n) is 5.67. The van der Waals surface area contributed by atoms with Crippen LogP contribution in [0.4, 0.5) is 11.4 Å². The smallest absolute Gasteiger partial charge is 0.277 e. The highest BCUT2D eigenvalue weighted by atomic mass is 16.6. The molecule has 0 aliphatic carbocycles. The number of ether oxygens (including phenoxy) is 1. The number of nitro groups is 1. The van der Waals surface area contributed by atoms with Gasteiger partial charge >= 0.3 is 0 Å². The average Bonchev–Trinajstić information content (AvgIpc) is 3.23. The fraction of sp³-hybridized carbons (Fsp3) is 0.429. The predicted molar refractivity (Wildman–Crippen MR) is 105 cm³/mol. The van der Waals surface area contributed by atoms with Gasteiger partial charge in [0.25, 0.3) is 5.69 Å². The molecule has 0 radical (unpaired) electrons. The third-order valence-electron chi connectivity index (χ3n) is 6.96. The van der Waals surface area contributed by atoms with Crippen LogP contribution in [-0.4, -0.2) is 50.9 Å². The van der Waals surface area contributed by atoms with Gasteiger partial charge in [0.05, 0.1) is 39.5 Å². The van der Waals surface area contributed by atoms with Crippen molar-refractivity contribution in [3.8, 4) is 0 Å². The molecule has 3 saturated heterocycles. The summed E-state index contributed by atoms with van der Waals surface area (Å²) < 4.78 is 6.06. The van der Waals surface area contributed by atoms with Gasteiger partial charge in [0.15, 0.2) is 0 Å². The summed E-state index contributed by atoms with van der Waals surface area (Å²) >= 11 is 0. The molecule has 2 bridgehead atoms. The largest absolute Gasteiger partial charge is 0.396 e. The summed E-state index contributed by atoms with van der Waals surface area (Å²) in [5, 5.41) is 32.3. The molecule has 0 spiro atoms. The maximum atomic E-state index is 13.5. The summed E-state index contributed by atoms with van der Waals surface area (Å²) in [6.07, 6.45) is -0.635. The number of aliphatic hydroxyl groups excluding tert-OH is 2. The molecule has 5 rings (SSSR count). The summed E-state index contributed by atoms with van der Waals surface area (Å²) in [6.45, 7) is 1.39. The lowest BCUT2D eigenvalue weighted by Crippen LogP contribution is -2.49. The average molecular weight is 412 g/mol. The minimum absolute atomic E-state index is 0.115. The minimum Gasteiger partial charge on any atom is -0.396 e. The highest BCUT2D eigenvalue weighted by Crippen LogP contribution is 2.62. The van der Waals surface area contributed by atoms with Crippen molar-refractivity contribution in [2.24, 2.45) is 11.8 Å². The molecule has 2 aromatic rings. The number of rotatable bonds is 4. The van der Waals surface area contributed by atoms with E-state index in [0.717, 1.165) is 4.90 Å². The van der Waals surface area contributed by atoms with Crippen molar-refractivity contribution >= 4 is 34.0 Å². The Kier molecular flexibility index (Phi) is 3.86. The van der Waals surface area contributed by atoms with E-state index in [1.807, 2.05) is 0 Å². The molecule has 30 heavy (non-hydrogen) atoms. The fourth-order valence-corrected chi connectivity index (χ4v) is 5.67. The number of imide groups is 1. The van der Waals surface area contributed by atoms with Crippen LogP contribution < -0.4 is 4.90 Å². The van der Waals surface area contributed by atoms with Gasteiger partial charge in [-0.05, 0) is 19.1 Å². The number of aliphatic hydroxyl groups is 2. The maximum Gasteiger partial charge on any atom is 0.277 e. The number of hydrogen-bond acceptors (Lipinski definition) is 7. The van der Waals surface area contributed by atoms with Gasteiger partial charge in [-0.25, -0.2) is 4.90 Å². The molecule has 0 aromatic heterocycles. The first-order chi connectivity index (χ1) is 14.2. The first kappa shape index (κ1) is 19.1. The third kappa shape index (κ3) is 2.17. The maximum absolute atomic E-state index is 13.5. The molecule has 9 heteroatoms.